The van der Waals surface area contributed by atoms with Gasteiger partial charge < -0.3 is 15.4 Å². The van der Waals surface area contributed by atoms with Crippen molar-refractivity contribution in [3.05, 3.63) is 35.6 Å². The zero-order valence-electron chi connectivity index (χ0n) is 13.3. The summed E-state index contributed by atoms with van der Waals surface area (Å²) in [7, 11) is 0. The quantitative estimate of drug-likeness (QED) is 0.750. The summed E-state index contributed by atoms with van der Waals surface area (Å²) in [5, 5.41) is 7.22. The summed E-state index contributed by atoms with van der Waals surface area (Å²) in [6.07, 6.45) is 1.18. The maximum Gasteiger partial charge on any atom is 0.235 e. The number of thiazole rings is 1. The minimum absolute atomic E-state index is 0.234. The molecule has 8 heteroatoms. The van der Waals surface area contributed by atoms with Crippen LogP contribution in [0.4, 0.5) is 15.2 Å². The molecule has 0 bridgehead atoms. The third-order valence-corrected chi connectivity index (χ3v) is 3.48. The van der Waals surface area contributed by atoms with E-state index in [2.05, 4.69) is 15.6 Å². The second kappa shape index (κ2) is 8.39. The van der Waals surface area contributed by atoms with Crippen molar-refractivity contribution in [3.8, 4) is 5.75 Å². The molecule has 0 saturated carbocycles. The van der Waals surface area contributed by atoms with Gasteiger partial charge in [-0.3, -0.25) is 9.59 Å². The standard InChI is InChI=1S/C16H18FN3O3S/c1-10(2)9-23-13-7-11(17)3-4-12(13)19-14(21)8-15(22)20-16-18-5-6-24-16/h3-7,10H,8-9H2,1-2H3,(H,19,21)(H,18,20,22). The van der Waals surface area contributed by atoms with Crippen LogP contribution in [0.1, 0.15) is 20.3 Å². The van der Waals surface area contributed by atoms with E-state index in [0.29, 0.717) is 17.4 Å². The fourth-order valence-electron chi connectivity index (χ4n) is 1.76. The lowest BCUT2D eigenvalue weighted by Gasteiger charge is -2.14. The number of carbonyl (C=O) groups is 2. The molecule has 1 aromatic heterocycles. The van der Waals surface area contributed by atoms with Gasteiger partial charge in [0.25, 0.3) is 0 Å². The van der Waals surface area contributed by atoms with Crippen LogP contribution >= 0.6 is 11.3 Å². The largest absolute Gasteiger partial charge is 0.491 e. The van der Waals surface area contributed by atoms with Crippen molar-refractivity contribution >= 4 is 34.0 Å². The summed E-state index contributed by atoms with van der Waals surface area (Å²) in [4.78, 5) is 27.7. The monoisotopic (exact) mass is 351 g/mol. The number of hydrogen-bond acceptors (Lipinski definition) is 5. The highest BCUT2D eigenvalue weighted by atomic mass is 32.1. The van der Waals surface area contributed by atoms with Crippen LogP contribution in [0.2, 0.25) is 0 Å². The van der Waals surface area contributed by atoms with Crippen molar-refractivity contribution in [2.75, 3.05) is 17.2 Å². The summed E-state index contributed by atoms with van der Waals surface area (Å²) in [6.45, 7) is 4.30. The number of nitrogens with zero attached hydrogens (tertiary/aromatic N) is 1. The molecule has 0 saturated heterocycles. The van der Waals surface area contributed by atoms with Crippen molar-refractivity contribution < 1.29 is 18.7 Å². The molecule has 24 heavy (non-hydrogen) atoms. The summed E-state index contributed by atoms with van der Waals surface area (Å²) < 4.78 is 18.9. The Morgan fingerprint density at radius 2 is 2.04 bits per heavy atom. The molecule has 0 aliphatic rings. The van der Waals surface area contributed by atoms with Crippen LogP contribution in [0, 0.1) is 11.7 Å². The Labute approximate surface area is 143 Å². The topological polar surface area (TPSA) is 80.3 Å². The zero-order chi connectivity index (χ0) is 17.5. The number of aromatic nitrogens is 1. The smallest absolute Gasteiger partial charge is 0.235 e. The number of hydrogen-bond donors (Lipinski definition) is 2. The predicted octanol–water partition coefficient (Wildman–Crippen LogP) is 3.28. The van der Waals surface area contributed by atoms with Crippen LogP contribution < -0.4 is 15.4 Å². The zero-order valence-corrected chi connectivity index (χ0v) is 14.2. The molecule has 2 amide bonds. The van der Waals surface area contributed by atoms with E-state index in [1.165, 1.54) is 29.5 Å². The number of amides is 2. The van der Waals surface area contributed by atoms with E-state index in [-0.39, 0.29) is 18.1 Å². The molecule has 2 N–H and O–H groups in total. The first-order chi connectivity index (χ1) is 11.4. The summed E-state index contributed by atoms with van der Waals surface area (Å²) >= 11 is 1.26. The molecule has 0 spiro atoms. The lowest BCUT2D eigenvalue weighted by molar-refractivity contribution is -0.123. The molecule has 1 aromatic carbocycles. The average molecular weight is 351 g/mol. The molecule has 0 aliphatic carbocycles. The van der Waals surface area contributed by atoms with Crippen LogP contribution in [-0.2, 0) is 9.59 Å². The Balaban J connectivity index is 1.96. The average Bonchev–Trinajstić information content (AvgIpc) is 3.00. The number of ether oxygens (including phenoxy) is 1. The van der Waals surface area contributed by atoms with Crippen molar-refractivity contribution in [3.63, 3.8) is 0 Å². The fourth-order valence-corrected chi connectivity index (χ4v) is 2.31. The lowest BCUT2D eigenvalue weighted by atomic mass is 10.2. The molecule has 6 nitrogen and oxygen atoms in total. The molecule has 0 aliphatic heterocycles. The van der Waals surface area contributed by atoms with E-state index in [4.69, 9.17) is 4.74 Å². The minimum atomic E-state index is -0.523. The third-order valence-electron chi connectivity index (χ3n) is 2.79. The highest BCUT2D eigenvalue weighted by molar-refractivity contribution is 7.13. The van der Waals surface area contributed by atoms with Gasteiger partial charge in [0.1, 0.15) is 18.0 Å². The Bertz CT molecular complexity index is 705. The Morgan fingerprint density at radius 3 is 2.71 bits per heavy atom. The van der Waals surface area contributed by atoms with E-state index < -0.39 is 17.6 Å². The Kier molecular flexibility index (Phi) is 6.25. The predicted molar refractivity (Wildman–Crippen MR) is 90.7 cm³/mol. The van der Waals surface area contributed by atoms with Gasteiger partial charge >= 0.3 is 0 Å². The van der Waals surface area contributed by atoms with E-state index in [1.54, 1.807) is 11.6 Å². The molecule has 1 heterocycles. The van der Waals surface area contributed by atoms with Crippen LogP contribution in [-0.4, -0.2) is 23.4 Å². The van der Waals surface area contributed by atoms with Crippen LogP contribution in [0.3, 0.4) is 0 Å². The first kappa shape index (κ1) is 17.9. The van der Waals surface area contributed by atoms with Gasteiger partial charge in [0.15, 0.2) is 5.13 Å². The Morgan fingerprint density at radius 1 is 1.29 bits per heavy atom. The molecule has 0 fully saturated rings. The fraction of sp³-hybridized carbons (Fsp3) is 0.312. The SMILES string of the molecule is CC(C)COc1cc(F)ccc1NC(=O)CC(=O)Nc1nccs1. The van der Waals surface area contributed by atoms with Gasteiger partial charge in [-0.2, -0.15) is 0 Å². The second-order valence-electron chi connectivity index (χ2n) is 5.46. The van der Waals surface area contributed by atoms with E-state index in [9.17, 15) is 14.0 Å². The van der Waals surface area contributed by atoms with Crippen LogP contribution in [0.5, 0.6) is 5.75 Å². The first-order valence-corrected chi connectivity index (χ1v) is 8.23. The number of anilines is 2. The highest BCUT2D eigenvalue weighted by Gasteiger charge is 2.14. The van der Waals surface area contributed by atoms with E-state index >= 15 is 0 Å². The maximum absolute atomic E-state index is 13.4. The summed E-state index contributed by atoms with van der Waals surface area (Å²) in [5.74, 6) is -0.981. The van der Waals surface area contributed by atoms with Crippen LogP contribution in [0.25, 0.3) is 0 Å². The summed E-state index contributed by atoms with van der Waals surface area (Å²) in [6, 6.07) is 3.82. The van der Waals surface area contributed by atoms with Gasteiger partial charge in [-0.15, -0.1) is 11.3 Å². The van der Waals surface area contributed by atoms with Gasteiger partial charge in [-0.25, -0.2) is 9.37 Å². The van der Waals surface area contributed by atoms with E-state index in [0.717, 1.165) is 0 Å². The van der Waals surface area contributed by atoms with Gasteiger partial charge in [0, 0.05) is 17.6 Å². The summed E-state index contributed by atoms with van der Waals surface area (Å²) in [5.41, 5.74) is 0.323. The molecule has 0 unspecified atom stereocenters. The first-order valence-electron chi connectivity index (χ1n) is 7.35. The normalized spacial score (nSPS) is 10.5. The van der Waals surface area contributed by atoms with E-state index in [1.807, 2.05) is 13.8 Å². The third kappa shape index (κ3) is 5.62. The van der Waals surface area contributed by atoms with Gasteiger partial charge in [0.2, 0.25) is 11.8 Å². The van der Waals surface area contributed by atoms with Crippen molar-refractivity contribution in [1.29, 1.82) is 0 Å². The van der Waals surface area contributed by atoms with Gasteiger partial charge in [-0.1, -0.05) is 13.8 Å². The van der Waals surface area contributed by atoms with Crippen molar-refractivity contribution in [1.82, 2.24) is 4.98 Å². The van der Waals surface area contributed by atoms with Crippen LogP contribution in [0.15, 0.2) is 29.8 Å². The molecular weight excluding hydrogens is 333 g/mol. The molecule has 2 aromatic rings. The molecular formula is C16H18FN3O3S. The number of carbonyl (C=O) groups excluding carboxylic acids is 2. The Hall–Kier alpha value is -2.48. The lowest BCUT2D eigenvalue weighted by Crippen LogP contribution is -2.21. The number of rotatable bonds is 7. The molecule has 128 valence electrons. The van der Waals surface area contributed by atoms with Crippen molar-refractivity contribution in [2.24, 2.45) is 5.92 Å². The number of benzene rings is 1. The second-order valence-corrected chi connectivity index (χ2v) is 6.35. The molecule has 0 atom stereocenters. The highest BCUT2D eigenvalue weighted by Crippen LogP contribution is 2.26. The van der Waals surface area contributed by atoms with Gasteiger partial charge in [-0.05, 0) is 18.1 Å². The molecule has 0 radical (unpaired) electrons. The van der Waals surface area contributed by atoms with Gasteiger partial charge in [0.05, 0.1) is 12.3 Å². The maximum atomic E-state index is 13.4. The number of halogens is 1. The van der Waals surface area contributed by atoms with Crippen molar-refractivity contribution in [2.45, 2.75) is 20.3 Å². The molecule has 2 rings (SSSR count). The minimum Gasteiger partial charge on any atom is -0.491 e. The number of nitrogens with one attached hydrogen (secondary N) is 2.